The summed E-state index contributed by atoms with van der Waals surface area (Å²) in [7, 11) is 0. The van der Waals surface area contributed by atoms with Gasteiger partial charge < -0.3 is 5.32 Å². The fourth-order valence-electron chi connectivity index (χ4n) is 2.03. The summed E-state index contributed by atoms with van der Waals surface area (Å²) in [5, 5.41) is 13.0. The van der Waals surface area contributed by atoms with E-state index in [0.717, 1.165) is 30.6 Å². The van der Waals surface area contributed by atoms with Gasteiger partial charge in [0.05, 0.1) is 11.6 Å². The summed E-state index contributed by atoms with van der Waals surface area (Å²) in [4.78, 5) is 0. The molecule has 0 amide bonds. The summed E-state index contributed by atoms with van der Waals surface area (Å²) in [6.07, 6.45) is 2.18. The van der Waals surface area contributed by atoms with Crippen molar-refractivity contribution < 1.29 is 0 Å². The van der Waals surface area contributed by atoms with E-state index in [4.69, 9.17) is 16.9 Å². The highest BCUT2D eigenvalue weighted by molar-refractivity contribution is 6.30. The molecule has 1 atom stereocenters. The fourth-order valence-corrected chi connectivity index (χ4v) is 2.20. The Bertz CT molecular complexity index is 389. The molecule has 0 aliphatic carbocycles. The van der Waals surface area contributed by atoms with E-state index < -0.39 is 0 Å². The first-order valence-corrected chi connectivity index (χ1v) is 5.56. The van der Waals surface area contributed by atoms with Crippen LogP contribution < -0.4 is 5.32 Å². The SMILES string of the molecule is N#Cc1cc(Cl)ccc1CC1CCNC1. The van der Waals surface area contributed by atoms with Gasteiger partial charge >= 0.3 is 0 Å². The van der Waals surface area contributed by atoms with Crippen molar-refractivity contribution in [3.8, 4) is 6.07 Å². The molecule has 3 heteroatoms. The van der Waals surface area contributed by atoms with E-state index in [1.807, 2.05) is 12.1 Å². The Morgan fingerprint density at radius 2 is 2.40 bits per heavy atom. The van der Waals surface area contributed by atoms with E-state index >= 15 is 0 Å². The lowest BCUT2D eigenvalue weighted by atomic mass is 9.95. The number of nitrogens with one attached hydrogen (secondary N) is 1. The predicted octanol–water partition coefficient (Wildman–Crippen LogP) is 2.36. The van der Waals surface area contributed by atoms with Crippen molar-refractivity contribution in [1.82, 2.24) is 5.32 Å². The van der Waals surface area contributed by atoms with Crippen molar-refractivity contribution in [2.24, 2.45) is 5.92 Å². The normalized spacial score (nSPS) is 20.1. The second-order valence-corrected chi connectivity index (χ2v) is 4.41. The minimum absolute atomic E-state index is 0.639. The molecule has 2 rings (SSSR count). The summed E-state index contributed by atoms with van der Waals surface area (Å²) < 4.78 is 0. The van der Waals surface area contributed by atoms with Gasteiger partial charge in [0.2, 0.25) is 0 Å². The van der Waals surface area contributed by atoms with Crippen LogP contribution >= 0.6 is 11.6 Å². The van der Waals surface area contributed by atoms with Crippen LogP contribution in [-0.4, -0.2) is 13.1 Å². The average molecular weight is 221 g/mol. The third kappa shape index (κ3) is 2.50. The van der Waals surface area contributed by atoms with Crippen molar-refractivity contribution in [1.29, 1.82) is 5.26 Å². The van der Waals surface area contributed by atoms with Gasteiger partial charge in [0.1, 0.15) is 0 Å². The summed E-state index contributed by atoms with van der Waals surface area (Å²) in [5.74, 6) is 0.665. The number of rotatable bonds is 2. The Hall–Kier alpha value is -1.04. The molecule has 1 saturated heterocycles. The van der Waals surface area contributed by atoms with E-state index in [1.54, 1.807) is 6.07 Å². The lowest BCUT2D eigenvalue weighted by molar-refractivity contribution is 0.579. The number of hydrogen-bond acceptors (Lipinski definition) is 2. The molecule has 0 spiro atoms. The molecular weight excluding hydrogens is 208 g/mol. The Morgan fingerprint density at radius 3 is 3.07 bits per heavy atom. The zero-order valence-corrected chi connectivity index (χ0v) is 9.22. The first-order valence-electron chi connectivity index (χ1n) is 5.19. The van der Waals surface area contributed by atoms with Gasteiger partial charge in [0, 0.05) is 5.02 Å². The minimum Gasteiger partial charge on any atom is -0.316 e. The molecule has 1 aliphatic rings. The predicted molar refractivity (Wildman–Crippen MR) is 60.8 cm³/mol. The molecule has 15 heavy (non-hydrogen) atoms. The van der Waals surface area contributed by atoms with E-state index in [1.165, 1.54) is 6.42 Å². The first kappa shape index (κ1) is 10.5. The quantitative estimate of drug-likeness (QED) is 0.831. The smallest absolute Gasteiger partial charge is 0.0995 e. The highest BCUT2D eigenvalue weighted by atomic mass is 35.5. The summed E-state index contributed by atoms with van der Waals surface area (Å²) in [5.41, 5.74) is 1.84. The third-order valence-electron chi connectivity index (χ3n) is 2.86. The molecule has 1 heterocycles. The van der Waals surface area contributed by atoms with Crippen LogP contribution in [0.4, 0.5) is 0 Å². The zero-order chi connectivity index (χ0) is 10.7. The van der Waals surface area contributed by atoms with Crippen molar-refractivity contribution >= 4 is 11.6 Å². The molecule has 0 radical (unpaired) electrons. The molecule has 1 unspecified atom stereocenters. The van der Waals surface area contributed by atoms with Gasteiger partial charge in [-0.1, -0.05) is 17.7 Å². The van der Waals surface area contributed by atoms with Gasteiger partial charge in [-0.3, -0.25) is 0 Å². The van der Waals surface area contributed by atoms with E-state index in [9.17, 15) is 0 Å². The molecule has 78 valence electrons. The Kier molecular flexibility index (Phi) is 3.25. The molecule has 1 aromatic rings. The highest BCUT2D eigenvalue weighted by Gasteiger charge is 2.16. The Balaban J connectivity index is 2.16. The van der Waals surface area contributed by atoms with Crippen LogP contribution in [0.1, 0.15) is 17.5 Å². The fraction of sp³-hybridized carbons (Fsp3) is 0.417. The van der Waals surface area contributed by atoms with Crippen molar-refractivity contribution in [2.75, 3.05) is 13.1 Å². The van der Waals surface area contributed by atoms with E-state index in [-0.39, 0.29) is 0 Å². The van der Waals surface area contributed by atoms with E-state index in [2.05, 4.69) is 11.4 Å². The topological polar surface area (TPSA) is 35.8 Å². The van der Waals surface area contributed by atoms with Crippen molar-refractivity contribution in [2.45, 2.75) is 12.8 Å². The Labute approximate surface area is 94.9 Å². The molecule has 0 saturated carbocycles. The lowest BCUT2D eigenvalue weighted by Gasteiger charge is -2.09. The average Bonchev–Trinajstić information content (AvgIpc) is 2.73. The van der Waals surface area contributed by atoms with Gasteiger partial charge in [-0.25, -0.2) is 0 Å². The highest BCUT2D eigenvalue weighted by Crippen LogP contribution is 2.21. The number of halogens is 1. The maximum Gasteiger partial charge on any atom is 0.0995 e. The van der Waals surface area contributed by atoms with Gasteiger partial charge in [0.15, 0.2) is 0 Å². The van der Waals surface area contributed by atoms with Crippen LogP contribution in [0, 0.1) is 17.2 Å². The van der Waals surface area contributed by atoms with Crippen molar-refractivity contribution in [3.05, 3.63) is 34.3 Å². The van der Waals surface area contributed by atoms with Gasteiger partial charge in [0.25, 0.3) is 0 Å². The molecule has 1 aromatic carbocycles. The number of hydrogen-bond donors (Lipinski definition) is 1. The Morgan fingerprint density at radius 1 is 1.53 bits per heavy atom. The molecular formula is C12H13ClN2. The molecule has 0 aromatic heterocycles. The molecule has 1 N–H and O–H groups in total. The van der Waals surface area contributed by atoms with Crippen LogP contribution in [0.2, 0.25) is 5.02 Å². The third-order valence-corrected chi connectivity index (χ3v) is 3.10. The van der Waals surface area contributed by atoms with Gasteiger partial charge in [-0.15, -0.1) is 0 Å². The number of nitrogens with zero attached hydrogens (tertiary/aromatic N) is 1. The van der Waals surface area contributed by atoms with Crippen LogP contribution in [0.15, 0.2) is 18.2 Å². The summed E-state index contributed by atoms with van der Waals surface area (Å²) in [6, 6.07) is 7.79. The van der Waals surface area contributed by atoms with Crippen LogP contribution in [0.3, 0.4) is 0 Å². The molecule has 2 nitrogen and oxygen atoms in total. The number of benzene rings is 1. The second-order valence-electron chi connectivity index (χ2n) is 3.98. The standard InChI is InChI=1S/C12H13ClN2/c13-12-2-1-10(11(6-12)7-14)5-9-3-4-15-8-9/h1-2,6,9,15H,3-5,8H2. The zero-order valence-electron chi connectivity index (χ0n) is 8.46. The largest absolute Gasteiger partial charge is 0.316 e. The van der Waals surface area contributed by atoms with Crippen LogP contribution in [0.25, 0.3) is 0 Å². The monoisotopic (exact) mass is 220 g/mol. The maximum absolute atomic E-state index is 8.99. The lowest BCUT2D eigenvalue weighted by Crippen LogP contribution is -2.11. The molecule has 1 aliphatic heterocycles. The van der Waals surface area contributed by atoms with E-state index in [0.29, 0.717) is 10.9 Å². The van der Waals surface area contributed by atoms with Gasteiger partial charge in [-0.05, 0) is 49.5 Å². The van der Waals surface area contributed by atoms with Crippen LogP contribution in [-0.2, 0) is 6.42 Å². The van der Waals surface area contributed by atoms with Crippen molar-refractivity contribution in [3.63, 3.8) is 0 Å². The van der Waals surface area contributed by atoms with Gasteiger partial charge in [-0.2, -0.15) is 5.26 Å². The van der Waals surface area contributed by atoms with Crippen LogP contribution in [0.5, 0.6) is 0 Å². The minimum atomic E-state index is 0.639. The maximum atomic E-state index is 8.99. The first-order chi connectivity index (χ1) is 7.29. The number of nitriles is 1. The summed E-state index contributed by atoms with van der Waals surface area (Å²) >= 11 is 5.85. The molecule has 0 bridgehead atoms. The second kappa shape index (κ2) is 4.65. The molecule has 1 fully saturated rings. The summed E-state index contributed by atoms with van der Waals surface area (Å²) in [6.45, 7) is 2.16.